The van der Waals surface area contributed by atoms with Crippen molar-refractivity contribution in [2.45, 2.75) is 6.92 Å². The summed E-state index contributed by atoms with van der Waals surface area (Å²) in [6.07, 6.45) is 1.97. The van der Waals surface area contributed by atoms with Gasteiger partial charge in [0.25, 0.3) is 0 Å². The van der Waals surface area contributed by atoms with E-state index in [1.807, 2.05) is 67.6 Å². The van der Waals surface area contributed by atoms with Gasteiger partial charge in [-0.1, -0.05) is 36.4 Å². The maximum atomic E-state index is 10.7. The van der Waals surface area contributed by atoms with Crippen LogP contribution in [-0.4, -0.2) is 15.4 Å². The third-order valence-electron chi connectivity index (χ3n) is 3.97. The van der Waals surface area contributed by atoms with Crippen molar-refractivity contribution in [2.75, 3.05) is 0 Å². The van der Waals surface area contributed by atoms with Crippen LogP contribution in [0.2, 0.25) is 0 Å². The van der Waals surface area contributed by atoms with Gasteiger partial charge in [0.05, 0.1) is 16.3 Å². The van der Waals surface area contributed by atoms with E-state index in [0.29, 0.717) is 3.95 Å². The van der Waals surface area contributed by atoms with E-state index in [4.69, 9.17) is 12.2 Å². The minimum Gasteiger partial charge on any atom is -0.493 e. The molecule has 0 atom stereocenters. The van der Waals surface area contributed by atoms with Crippen LogP contribution in [0, 0.1) is 3.95 Å². The lowest BCUT2D eigenvalue weighted by Gasteiger charge is -2.04. The molecule has 0 bridgehead atoms. The molecule has 2 heterocycles. The molecule has 1 N–H and O–H groups in total. The molecule has 4 rings (SSSR count). The number of thiazole rings is 1. The molecule has 3 nitrogen and oxygen atoms in total. The van der Waals surface area contributed by atoms with Crippen molar-refractivity contribution in [3.63, 3.8) is 0 Å². The van der Waals surface area contributed by atoms with Gasteiger partial charge >= 0.3 is 0 Å². The smallest absolute Gasteiger partial charge is 0.215 e. The molecule has 1 aliphatic rings. The van der Waals surface area contributed by atoms with Crippen molar-refractivity contribution in [1.82, 2.24) is 4.57 Å². The van der Waals surface area contributed by atoms with Crippen LogP contribution in [0.5, 0.6) is 5.88 Å². The molecule has 5 heteroatoms. The first-order chi connectivity index (χ1) is 11.6. The van der Waals surface area contributed by atoms with E-state index < -0.39 is 0 Å². The molecule has 1 aromatic heterocycles. The van der Waals surface area contributed by atoms with E-state index in [1.165, 1.54) is 11.3 Å². The van der Waals surface area contributed by atoms with Gasteiger partial charge < -0.3 is 5.11 Å². The highest BCUT2D eigenvalue weighted by Gasteiger charge is 2.19. The third-order valence-corrected chi connectivity index (χ3v) is 5.28. The Morgan fingerprint density at radius 1 is 1.08 bits per heavy atom. The number of para-hydroxylation sites is 2. The molecule has 0 aliphatic carbocycles. The number of nitrogens with zero attached hydrogens (tertiary/aromatic N) is 2. The maximum absolute atomic E-state index is 10.7. The number of hydrogen-bond acceptors (Lipinski definition) is 4. The van der Waals surface area contributed by atoms with Gasteiger partial charge in [-0.05, 0) is 43.4 Å². The van der Waals surface area contributed by atoms with Crippen molar-refractivity contribution >= 4 is 46.6 Å². The molecule has 0 saturated carbocycles. The van der Waals surface area contributed by atoms with Crippen LogP contribution in [0.25, 0.3) is 17.3 Å². The second-order valence-corrected chi connectivity index (χ2v) is 7.17. The lowest BCUT2D eigenvalue weighted by Crippen LogP contribution is -1.93. The van der Waals surface area contributed by atoms with Gasteiger partial charge in [0.15, 0.2) is 3.95 Å². The summed E-state index contributed by atoms with van der Waals surface area (Å²) in [6, 6.07) is 17.7. The van der Waals surface area contributed by atoms with Gasteiger partial charge in [-0.15, -0.1) is 11.3 Å². The van der Waals surface area contributed by atoms with Crippen LogP contribution in [0.3, 0.4) is 0 Å². The highest BCUT2D eigenvalue weighted by Crippen LogP contribution is 2.38. The molecule has 0 amide bonds. The Hall–Kier alpha value is -2.50. The van der Waals surface area contributed by atoms with Gasteiger partial charge in [0.2, 0.25) is 5.88 Å². The normalized spacial score (nSPS) is 14.7. The predicted octanol–water partition coefficient (Wildman–Crippen LogP) is 5.62. The topological polar surface area (TPSA) is 37.5 Å². The number of allylic oxidation sites excluding steroid dienone is 1. The molecule has 0 radical (unpaired) electrons. The minimum atomic E-state index is 0.167. The number of fused-ring (bicyclic) bond motifs is 1. The maximum Gasteiger partial charge on any atom is 0.215 e. The number of hydrogen-bond donors (Lipinski definition) is 1. The molecule has 3 aromatic rings. The van der Waals surface area contributed by atoms with E-state index in [9.17, 15) is 5.11 Å². The summed E-state index contributed by atoms with van der Waals surface area (Å²) in [5.74, 6) is 0.167. The number of aromatic hydroxyl groups is 1. The Morgan fingerprint density at radius 2 is 1.79 bits per heavy atom. The van der Waals surface area contributed by atoms with Crippen LogP contribution < -0.4 is 0 Å². The fourth-order valence-electron chi connectivity index (χ4n) is 2.83. The number of aliphatic imine (C=N–C) groups is 1. The van der Waals surface area contributed by atoms with Crippen molar-refractivity contribution < 1.29 is 5.11 Å². The average Bonchev–Trinajstić information content (AvgIpc) is 3.05. The van der Waals surface area contributed by atoms with E-state index in [1.54, 1.807) is 4.57 Å². The zero-order valence-corrected chi connectivity index (χ0v) is 14.6. The Labute approximate surface area is 148 Å². The van der Waals surface area contributed by atoms with E-state index in [2.05, 4.69) is 4.99 Å². The zero-order chi connectivity index (χ0) is 16.7. The molecule has 0 fully saturated rings. The molecular formula is C19H14N2OS2. The number of benzene rings is 2. The molecule has 2 aromatic carbocycles. The molecule has 24 heavy (non-hydrogen) atoms. The van der Waals surface area contributed by atoms with Crippen molar-refractivity contribution in [1.29, 1.82) is 0 Å². The molecule has 0 unspecified atom stereocenters. The molecular weight excluding hydrogens is 336 g/mol. The van der Waals surface area contributed by atoms with Crippen LogP contribution >= 0.6 is 23.6 Å². The number of rotatable bonds is 2. The van der Waals surface area contributed by atoms with E-state index in [-0.39, 0.29) is 5.88 Å². The monoisotopic (exact) mass is 350 g/mol. The standard InChI is InChI=1S/C19H14N2OS2/c1-12-15(14-9-5-6-10-16(14)20-12)11-17-18(22)21(19(23)24-17)13-7-3-2-4-8-13/h2-11,22H,1H3. The van der Waals surface area contributed by atoms with Gasteiger partial charge in [0, 0.05) is 16.8 Å². The summed E-state index contributed by atoms with van der Waals surface area (Å²) in [7, 11) is 0. The first-order valence-electron chi connectivity index (χ1n) is 7.52. The minimum absolute atomic E-state index is 0.167. The number of aromatic nitrogens is 1. The Bertz CT molecular complexity index is 1040. The largest absolute Gasteiger partial charge is 0.493 e. The van der Waals surface area contributed by atoms with E-state index in [0.717, 1.165) is 33.1 Å². The van der Waals surface area contributed by atoms with Crippen molar-refractivity contribution in [3.05, 3.63) is 69.0 Å². The van der Waals surface area contributed by atoms with Gasteiger partial charge in [-0.3, -0.25) is 9.56 Å². The molecule has 0 saturated heterocycles. The van der Waals surface area contributed by atoms with Crippen LogP contribution in [0.4, 0.5) is 5.69 Å². The zero-order valence-electron chi connectivity index (χ0n) is 12.9. The summed E-state index contributed by atoms with van der Waals surface area (Å²) < 4.78 is 2.31. The van der Waals surface area contributed by atoms with Gasteiger partial charge in [0.1, 0.15) is 0 Å². The summed E-state index contributed by atoms with van der Waals surface area (Å²) in [6.45, 7) is 1.98. The Kier molecular flexibility index (Phi) is 3.67. The molecule has 1 aliphatic heterocycles. The predicted molar refractivity (Wildman–Crippen MR) is 103 cm³/mol. The van der Waals surface area contributed by atoms with Crippen LogP contribution in [0.15, 0.2) is 59.6 Å². The fourth-order valence-corrected chi connectivity index (χ4v) is 4.12. The van der Waals surface area contributed by atoms with Crippen LogP contribution in [-0.2, 0) is 0 Å². The summed E-state index contributed by atoms with van der Waals surface area (Å²) in [4.78, 5) is 5.33. The summed E-state index contributed by atoms with van der Waals surface area (Å²) in [5.41, 5.74) is 4.88. The second kappa shape index (κ2) is 5.85. The summed E-state index contributed by atoms with van der Waals surface area (Å²) in [5, 5.41) is 10.7. The van der Waals surface area contributed by atoms with E-state index >= 15 is 0 Å². The highest BCUT2D eigenvalue weighted by atomic mass is 32.1. The third kappa shape index (κ3) is 2.42. The van der Waals surface area contributed by atoms with Gasteiger partial charge in [-0.2, -0.15) is 0 Å². The lowest BCUT2D eigenvalue weighted by atomic mass is 10.0. The second-order valence-electron chi connectivity index (χ2n) is 5.50. The Balaban J connectivity index is 1.86. The molecule has 0 spiro atoms. The lowest BCUT2D eigenvalue weighted by molar-refractivity contribution is 0.441. The summed E-state index contributed by atoms with van der Waals surface area (Å²) >= 11 is 6.85. The fraction of sp³-hybridized carbons (Fsp3) is 0.0526. The molecule has 118 valence electrons. The SMILES string of the molecule is CC1=Nc2ccccc2C1=Cc1sc(=S)n(-c2ccccc2)c1O. The van der Waals surface area contributed by atoms with Gasteiger partial charge in [-0.25, -0.2) is 0 Å². The first-order valence-corrected chi connectivity index (χ1v) is 8.74. The first kappa shape index (κ1) is 15.1. The quantitative estimate of drug-likeness (QED) is 0.609. The van der Waals surface area contributed by atoms with Crippen molar-refractivity contribution in [3.8, 4) is 11.6 Å². The van der Waals surface area contributed by atoms with Crippen molar-refractivity contribution in [2.24, 2.45) is 4.99 Å². The Morgan fingerprint density at radius 3 is 2.58 bits per heavy atom. The highest BCUT2D eigenvalue weighted by molar-refractivity contribution is 7.73. The van der Waals surface area contributed by atoms with Crippen LogP contribution in [0.1, 0.15) is 17.4 Å². The average molecular weight is 350 g/mol.